The first-order valence-electron chi connectivity index (χ1n) is 5.16. The highest BCUT2D eigenvalue weighted by molar-refractivity contribution is 7.18. The molecule has 0 saturated carbocycles. The van der Waals surface area contributed by atoms with E-state index >= 15 is 0 Å². The maximum Gasteiger partial charge on any atom is 0.298 e. The van der Waals surface area contributed by atoms with Crippen LogP contribution in [0.25, 0.3) is 15.9 Å². The summed E-state index contributed by atoms with van der Waals surface area (Å²) in [4.78, 5) is 16.4. The van der Waals surface area contributed by atoms with Gasteiger partial charge in [0.1, 0.15) is 0 Å². The Hall–Kier alpha value is -2.01. The van der Waals surface area contributed by atoms with Crippen LogP contribution in [0.4, 0.5) is 0 Å². The van der Waals surface area contributed by atoms with Gasteiger partial charge in [0.25, 0.3) is 5.56 Å². The molecule has 0 saturated heterocycles. The van der Waals surface area contributed by atoms with Crippen molar-refractivity contribution in [3.05, 3.63) is 51.9 Å². The third-order valence-corrected chi connectivity index (χ3v) is 3.35. The van der Waals surface area contributed by atoms with Gasteiger partial charge in [-0.2, -0.15) is 9.78 Å². The van der Waals surface area contributed by atoms with Gasteiger partial charge < -0.3 is 0 Å². The van der Waals surface area contributed by atoms with E-state index in [1.807, 2.05) is 37.3 Å². The number of rotatable bonds is 1. The second kappa shape index (κ2) is 3.78. The van der Waals surface area contributed by atoms with E-state index in [-0.39, 0.29) is 5.56 Å². The van der Waals surface area contributed by atoms with E-state index in [0.717, 1.165) is 15.4 Å². The van der Waals surface area contributed by atoms with Gasteiger partial charge in [0.05, 0.1) is 21.6 Å². The minimum atomic E-state index is -0.168. The summed E-state index contributed by atoms with van der Waals surface area (Å²) in [5, 5.41) is 5.04. The smallest absolute Gasteiger partial charge is 0.265 e. The molecule has 1 aromatic carbocycles. The van der Waals surface area contributed by atoms with Gasteiger partial charge in [0, 0.05) is 0 Å². The van der Waals surface area contributed by atoms with Crippen molar-refractivity contribution in [1.82, 2.24) is 14.8 Å². The van der Waals surface area contributed by atoms with Gasteiger partial charge in [-0.15, -0.1) is 11.3 Å². The normalized spacial score (nSPS) is 10.9. The van der Waals surface area contributed by atoms with Crippen molar-refractivity contribution >= 4 is 21.6 Å². The lowest BCUT2D eigenvalue weighted by Gasteiger charge is -2.02. The average molecular weight is 243 g/mol. The highest BCUT2D eigenvalue weighted by atomic mass is 32.1. The molecule has 0 bridgehead atoms. The molecule has 2 heterocycles. The molecular formula is C12H9N3OS. The molecule has 84 valence electrons. The van der Waals surface area contributed by atoms with Crippen LogP contribution >= 0.6 is 11.3 Å². The number of aromatic nitrogens is 3. The van der Waals surface area contributed by atoms with Crippen LogP contribution in [0, 0.1) is 6.92 Å². The standard InChI is InChI=1S/C12H9N3OS/c1-8-14-11-10(17-8)7-13-15(12(11)16)9-5-3-2-4-6-9/h2-7H,1H3. The lowest BCUT2D eigenvalue weighted by atomic mass is 10.3. The second-order valence-corrected chi connectivity index (χ2v) is 4.88. The molecular weight excluding hydrogens is 234 g/mol. The Kier molecular flexibility index (Phi) is 2.26. The highest BCUT2D eigenvalue weighted by Crippen LogP contribution is 2.17. The summed E-state index contributed by atoms with van der Waals surface area (Å²) in [6.07, 6.45) is 1.69. The van der Waals surface area contributed by atoms with E-state index in [0.29, 0.717) is 5.52 Å². The largest absolute Gasteiger partial charge is 0.298 e. The highest BCUT2D eigenvalue weighted by Gasteiger charge is 2.09. The molecule has 0 atom stereocenters. The Morgan fingerprint density at radius 2 is 2.00 bits per heavy atom. The van der Waals surface area contributed by atoms with Crippen LogP contribution in [0.3, 0.4) is 0 Å². The fourth-order valence-corrected chi connectivity index (χ4v) is 2.48. The first-order chi connectivity index (χ1) is 8.25. The van der Waals surface area contributed by atoms with E-state index in [1.165, 1.54) is 16.0 Å². The Labute approximate surface area is 101 Å². The van der Waals surface area contributed by atoms with E-state index in [1.54, 1.807) is 6.20 Å². The summed E-state index contributed by atoms with van der Waals surface area (Å²) in [7, 11) is 0. The number of aryl methyl sites for hydroxylation is 1. The number of benzene rings is 1. The van der Waals surface area contributed by atoms with Gasteiger partial charge in [-0.3, -0.25) is 4.79 Å². The molecule has 3 rings (SSSR count). The van der Waals surface area contributed by atoms with Crippen LogP contribution < -0.4 is 5.56 Å². The number of hydrogen-bond acceptors (Lipinski definition) is 4. The Morgan fingerprint density at radius 1 is 1.24 bits per heavy atom. The van der Waals surface area contributed by atoms with E-state index in [4.69, 9.17) is 0 Å². The van der Waals surface area contributed by atoms with Gasteiger partial charge in [-0.25, -0.2) is 4.98 Å². The Morgan fingerprint density at radius 3 is 2.76 bits per heavy atom. The van der Waals surface area contributed by atoms with Crippen LogP contribution in [-0.2, 0) is 0 Å². The van der Waals surface area contributed by atoms with Gasteiger partial charge >= 0.3 is 0 Å². The number of fused-ring (bicyclic) bond motifs is 1. The zero-order valence-corrected chi connectivity index (χ0v) is 9.94. The fraction of sp³-hybridized carbons (Fsp3) is 0.0833. The van der Waals surface area contributed by atoms with Crippen molar-refractivity contribution in [3.63, 3.8) is 0 Å². The second-order valence-electron chi connectivity index (χ2n) is 3.64. The minimum Gasteiger partial charge on any atom is -0.265 e. The van der Waals surface area contributed by atoms with Gasteiger partial charge in [0.2, 0.25) is 0 Å². The van der Waals surface area contributed by atoms with E-state index in [9.17, 15) is 4.79 Å². The molecule has 17 heavy (non-hydrogen) atoms. The SMILES string of the molecule is Cc1nc2c(=O)n(-c3ccccc3)ncc2s1. The van der Waals surface area contributed by atoms with Crippen molar-refractivity contribution in [2.24, 2.45) is 0 Å². The molecule has 4 nitrogen and oxygen atoms in total. The van der Waals surface area contributed by atoms with Gasteiger partial charge in [-0.05, 0) is 19.1 Å². The van der Waals surface area contributed by atoms with Crippen LogP contribution in [0.2, 0.25) is 0 Å². The predicted molar refractivity (Wildman–Crippen MR) is 67.7 cm³/mol. The Bertz CT molecular complexity index is 730. The Balaban J connectivity index is 2.32. The van der Waals surface area contributed by atoms with Crippen molar-refractivity contribution in [2.45, 2.75) is 6.92 Å². The zero-order chi connectivity index (χ0) is 11.8. The summed E-state index contributed by atoms with van der Waals surface area (Å²) < 4.78 is 2.21. The summed E-state index contributed by atoms with van der Waals surface area (Å²) in [6, 6.07) is 9.35. The van der Waals surface area contributed by atoms with Crippen LogP contribution in [-0.4, -0.2) is 14.8 Å². The zero-order valence-electron chi connectivity index (χ0n) is 9.12. The average Bonchev–Trinajstić information content (AvgIpc) is 2.72. The monoisotopic (exact) mass is 243 g/mol. The van der Waals surface area contributed by atoms with E-state index < -0.39 is 0 Å². The quantitative estimate of drug-likeness (QED) is 0.658. The van der Waals surface area contributed by atoms with E-state index in [2.05, 4.69) is 10.1 Å². The van der Waals surface area contributed by atoms with Crippen LogP contribution in [0.15, 0.2) is 41.3 Å². The summed E-state index contributed by atoms with van der Waals surface area (Å²) >= 11 is 1.48. The molecule has 3 aromatic rings. The minimum absolute atomic E-state index is 0.168. The summed E-state index contributed by atoms with van der Waals surface area (Å²) in [5.41, 5.74) is 1.08. The third kappa shape index (κ3) is 1.64. The molecule has 0 unspecified atom stereocenters. The molecule has 0 aliphatic rings. The molecule has 0 fully saturated rings. The number of hydrogen-bond donors (Lipinski definition) is 0. The number of thiazole rings is 1. The first kappa shape index (κ1) is 10.2. The topological polar surface area (TPSA) is 47.8 Å². The first-order valence-corrected chi connectivity index (χ1v) is 5.98. The molecule has 0 spiro atoms. The fourth-order valence-electron chi connectivity index (χ4n) is 1.70. The number of para-hydroxylation sites is 1. The number of nitrogens with zero attached hydrogens (tertiary/aromatic N) is 3. The van der Waals surface area contributed by atoms with Crippen molar-refractivity contribution < 1.29 is 0 Å². The molecule has 0 amide bonds. The van der Waals surface area contributed by atoms with Crippen LogP contribution in [0.5, 0.6) is 0 Å². The lowest BCUT2D eigenvalue weighted by Crippen LogP contribution is -2.20. The predicted octanol–water partition coefficient (Wildman–Crippen LogP) is 2.15. The molecule has 0 aliphatic carbocycles. The lowest BCUT2D eigenvalue weighted by molar-refractivity contribution is 0.819. The van der Waals surface area contributed by atoms with Crippen molar-refractivity contribution in [1.29, 1.82) is 0 Å². The van der Waals surface area contributed by atoms with Gasteiger partial charge in [-0.1, -0.05) is 18.2 Å². The van der Waals surface area contributed by atoms with Crippen molar-refractivity contribution in [2.75, 3.05) is 0 Å². The molecule has 0 aliphatic heterocycles. The summed E-state index contributed by atoms with van der Waals surface area (Å²) in [5.74, 6) is 0. The van der Waals surface area contributed by atoms with Crippen molar-refractivity contribution in [3.8, 4) is 5.69 Å². The maximum absolute atomic E-state index is 12.2. The molecule has 2 aromatic heterocycles. The summed E-state index contributed by atoms with van der Waals surface area (Å²) in [6.45, 7) is 1.89. The van der Waals surface area contributed by atoms with Crippen LogP contribution in [0.1, 0.15) is 5.01 Å². The molecule has 5 heteroatoms. The van der Waals surface area contributed by atoms with Gasteiger partial charge in [0.15, 0.2) is 5.52 Å². The third-order valence-electron chi connectivity index (χ3n) is 2.45. The maximum atomic E-state index is 12.2. The molecule has 0 N–H and O–H groups in total. The molecule has 0 radical (unpaired) electrons.